The predicted octanol–water partition coefficient (Wildman–Crippen LogP) is 6.59. The molecule has 2 nitrogen and oxygen atoms in total. The number of rotatable bonds is 6. The highest BCUT2D eigenvalue weighted by Crippen LogP contribution is 2.60. The zero-order chi connectivity index (χ0) is 21.0. The summed E-state index contributed by atoms with van der Waals surface area (Å²) in [6, 6.07) is 0. The van der Waals surface area contributed by atoms with E-state index in [4.69, 9.17) is 5.11 Å². The van der Waals surface area contributed by atoms with Gasteiger partial charge in [0.1, 0.15) is 0 Å². The van der Waals surface area contributed by atoms with Gasteiger partial charge < -0.3 is 10.2 Å². The monoisotopic (exact) mass is 400 g/mol. The third-order valence-corrected chi connectivity index (χ3v) is 8.26. The summed E-state index contributed by atoms with van der Waals surface area (Å²) in [6.45, 7) is 10.00. The molecule has 2 N–H and O–H groups in total. The Morgan fingerprint density at radius 3 is 2.55 bits per heavy atom. The van der Waals surface area contributed by atoms with Crippen molar-refractivity contribution < 1.29 is 10.2 Å². The molecular weight excluding hydrogens is 356 g/mol. The predicted molar refractivity (Wildman–Crippen MR) is 123 cm³/mol. The van der Waals surface area contributed by atoms with Gasteiger partial charge in [0, 0.05) is 6.61 Å². The standard InChI is InChI=1S/C27H44O2/c1-19(2)17-20(3)24-13-14-25-22(7-5-15-27(24,25)4)11-9-21-10-12-23(8-6-16-28)26(29)18-21/h8-9,11,19-20,24-26,28-29H,5-7,10,12-18H2,1-4H3/b21-9-,22-11+,23-8+. The largest absolute Gasteiger partial charge is 0.396 e. The molecule has 0 radical (unpaired) electrons. The molecule has 0 aromatic heterocycles. The molecule has 0 heterocycles. The SMILES string of the molecule is CC(C)CC(C)C1CCC2/C(=C/C=C3/CC/C(=C\CCO)C(O)C3)CCCC21C. The maximum absolute atomic E-state index is 10.5. The first-order valence-corrected chi connectivity index (χ1v) is 12.2. The first-order chi connectivity index (χ1) is 13.8. The van der Waals surface area contributed by atoms with Crippen LogP contribution in [0.3, 0.4) is 0 Å². The zero-order valence-corrected chi connectivity index (χ0v) is 19.3. The summed E-state index contributed by atoms with van der Waals surface area (Å²) in [5, 5.41) is 19.5. The Bertz CT molecular complexity index is 641. The van der Waals surface area contributed by atoms with E-state index in [1.54, 1.807) is 5.57 Å². The average molecular weight is 401 g/mol. The van der Waals surface area contributed by atoms with Gasteiger partial charge in [-0.15, -0.1) is 0 Å². The summed E-state index contributed by atoms with van der Waals surface area (Å²) >= 11 is 0. The van der Waals surface area contributed by atoms with Gasteiger partial charge in [-0.3, -0.25) is 0 Å². The van der Waals surface area contributed by atoms with Crippen molar-refractivity contribution in [2.24, 2.45) is 29.1 Å². The highest BCUT2D eigenvalue weighted by Gasteiger charge is 2.50. The molecule has 3 aliphatic carbocycles. The fourth-order valence-corrected chi connectivity index (χ4v) is 6.94. The van der Waals surface area contributed by atoms with Gasteiger partial charge in [-0.1, -0.05) is 57.1 Å². The van der Waals surface area contributed by atoms with Crippen molar-refractivity contribution in [3.8, 4) is 0 Å². The highest BCUT2D eigenvalue weighted by atomic mass is 16.3. The molecule has 0 spiro atoms. The van der Waals surface area contributed by atoms with Crippen LogP contribution in [0.1, 0.15) is 91.9 Å². The smallest absolute Gasteiger partial charge is 0.0787 e. The summed E-state index contributed by atoms with van der Waals surface area (Å²) in [7, 11) is 0. The average Bonchev–Trinajstić information content (AvgIpc) is 3.02. The number of aliphatic hydroxyl groups excluding tert-OH is 2. The van der Waals surface area contributed by atoms with E-state index >= 15 is 0 Å². The molecule has 0 amide bonds. The van der Waals surface area contributed by atoms with Crippen LogP contribution < -0.4 is 0 Å². The van der Waals surface area contributed by atoms with E-state index in [-0.39, 0.29) is 12.7 Å². The summed E-state index contributed by atoms with van der Waals surface area (Å²) in [4.78, 5) is 0. The molecular formula is C27H44O2. The molecule has 2 heteroatoms. The van der Waals surface area contributed by atoms with Gasteiger partial charge in [-0.2, -0.15) is 0 Å². The van der Waals surface area contributed by atoms with E-state index < -0.39 is 0 Å². The molecule has 0 aliphatic heterocycles. The Kier molecular flexibility index (Phi) is 7.84. The first-order valence-electron chi connectivity index (χ1n) is 12.2. The summed E-state index contributed by atoms with van der Waals surface area (Å²) in [5.74, 6) is 3.27. The first kappa shape index (κ1) is 22.8. The van der Waals surface area contributed by atoms with Crippen LogP contribution in [0.15, 0.2) is 34.9 Å². The molecule has 29 heavy (non-hydrogen) atoms. The molecule has 3 rings (SSSR count). The van der Waals surface area contributed by atoms with Crippen LogP contribution in [-0.2, 0) is 0 Å². The van der Waals surface area contributed by atoms with Gasteiger partial charge in [0.2, 0.25) is 0 Å². The van der Waals surface area contributed by atoms with E-state index in [0.29, 0.717) is 11.8 Å². The van der Waals surface area contributed by atoms with Gasteiger partial charge in [0.15, 0.2) is 0 Å². The number of hydrogen-bond donors (Lipinski definition) is 2. The molecule has 3 saturated carbocycles. The second-order valence-corrected chi connectivity index (χ2v) is 10.8. The molecule has 164 valence electrons. The van der Waals surface area contributed by atoms with Crippen molar-refractivity contribution in [3.05, 3.63) is 34.9 Å². The number of hydrogen-bond acceptors (Lipinski definition) is 2. The molecule has 0 aromatic rings. The summed E-state index contributed by atoms with van der Waals surface area (Å²) < 4.78 is 0. The Morgan fingerprint density at radius 2 is 1.86 bits per heavy atom. The Morgan fingerprint density at radius 1 is 1.07 bits per heavy atom. The van der Waals surface area contributed by atoms with Crippen LogP contribution in [0.2, 0.25) is 0 Å². The van der Waals surface area contributed by atoms with E-state index in [1.165, 1.54) is 44.1 Å². The minimum absolute atomic E-state index is 0.169. The Hall–Kier alpha value is -0.860. The minimum Gasteiger partial charge on any atom is -0.396 e. The second kappa shape index (κ2) is 9.96. The molecule has 5 atom stereocenters. The Labute approximate surface area is 179 Å². The van der Waals surface area contributed by atoms with Crippen molar-refractivity contribution in [1.29, 1.82) is 0 Å². The lowest BCUT2D eigenvalue weighted by Gasteiger charge is -2.44. The Balaban J connectivity index is 1.69. The fourth-order valence-electron chi connectivity index (χ4n) is 6.94. The fraction of sp³-hybridized carbons (Fsp3) is 0.778. The normalized spacial score (nSPS) is 38.2. The van der Waals surface area contributed by atoms with E-state index in [2.05, 4.69) is 39.8 Å². The third kappa shape index (κ3) is 5.25. The second-order valence-electron chi connectivity index (χ2n) is 10.8. The number of allylic oxidation sites excluding steroid dienone is 3. The van der Waals surface area contributed by atoms with Gasteiger partial charge in [-0.05, 0) is 98.9 Å². The van der Waals surface area contributed by atoms with Crippen LogP contribution >= 0.6 is 0 Å². The lowest BCUT2D eigenvalue weighted by atomic mass is 9.60. The van der Waals surface area contributed by atoms with Gasteiger partial charge in [0.25, 0.3) is 0 Å². The van der Waals surface area contributed by atoms with E-state index in [9.17, 15) is 5.11 Å². The number of aliphatic hydroxyl groups is 2. The van der Waals surface area contributed by atoms with Crippen LogP contribution in [-0.4, -0.2) is 22.9 Å². The molecule has 0 saturated heterocycles. The quantitative estimate of drug-likeness (QED) is 0.494. The molecule has 5 unspecified atom stereocenters. The molecule has 0 aromatic carbocycles. The maximum Gasteiger partial charge on any atom is 0.0787 e. The minimum atomic E-state index is -0.357. The van der Waals surface area contributed by atoms with Crippen LogP contribution in [0, 0.1) is 29.1 Å². The van der Waals surface area contributed by atoms with Gasteiger partial charge in [-0.25, -0.2) is 0 Å². The van der Waals surface area contributed by atoms with Gasteiger partial charge >= 0.3 is 0 Å². The third-order valence-electron chi connectivity index (χ3n) is 8.26. The van der Waals surface area contributed by atoms with Crippen molar-refractivity contribution >= 4 is 0 Å². The van der Waals surface area contributed by atoms with Crippen molar-refractivity contribution in [3.63, 3.8) is 0 Å². The number of fused-ring (bicyclic) bond motifs is 1. The molecule has 3 fully saturated rings. The van der Waals surface area contributed by atoms with Gasteiger partial charge in [0.05, 0.1) is 6.10 Å². The lowest BCUT2D eigenvalue weighted by Crippen LogP contribution is -2.36. The van der Waals surface area contributed by atoms with Crippen molar-refractivity contribution in [2.45, 2.75) is 98.0 Å². The van der Waals surface area contributed by atoms with Crippen LogP contribution in [0.25, 0.3) is 0 Å². The molecule has 3 aliphatic rings. The van der Waals surface area contributed by atoms with Crippen LogP contribution in [0.4, 0.5) is 0 Å². The summed E-state index contributed by atoms with van der Waals surface area (Å²) in [6.07, 6.45) is 18.0. The summed E-state index contributed by atoms with van der Waals surface area (Å²) in [5.41, 5.74) is 4.68. The van der Waals surface area contributed by atoms with Crippen LogP contribution in [0.5, 0.6) is 0 Å². The van der Waals surface area contributed by atoms with Crippen molar-refractivity contribution in [1.82, 2.24) is 0 Å². The van der Waals surface area contributed by atoms with Crippen molar-refractivity contribution in [2.75, 3.05) is 6.61 Å². The zero-order valence-electron chi connectivity index (χ0n) is 19.3. The van der Waals surface area contributed by atoms with E-state index in [1.807, 2.05) is 6.08 Å². The topological polar surface area (TPSA) is 40.5 Å². The maximum atomic E-state index is 10.5. The highest BCUT2D eigenvalue weighted by molar-refractivity contribution is 5.28. The molecule has 0 bridgehead atoms. The lowest BCUT2D eigenvalue weighted by molar-refractivity contribution is 0.0893. The van der Waals surface area contributed by atoms with E-state index in [0.717, 1.165) is 48.5 Å².